The molecule has 1 N–H and O–H groups in total. The molecule has 0 aromatic heterocycles. The lowest BCUT2D eigenvalue weighted by Gasteiger charge is -2.38. The minimum atomic E-state index is -0.178. The summed E-state index contributed by atoms with van der Waals surface area (Å²) in [5, 5.41) is 3.80. The van der Waals surface area contributed by atoms with Gasteiger partial charge in [0.25, 0.3) is 0 Å². The van der Waals surface area contributed by atoms with Crippen LogP contribution in [0.2, 0.25) is 0 Å². The molecule has 1 heterocycles. The highest BCUT2D eigenvalue weighted by Gasteiger charge is 2.38. The second-order valence-electron chi connectivity index (χ2n) is 8.01. The summed E-state index contributed by atoms with van der Waals surface area (Å²) in [6, 6.07) is 22.5. The van der Waals surface area contributed by atoms with Crippen LogP contribution in [0.4, 0.5) is 10.1 Å². The molecular weight excluding hydrogens is 377 g/mol. The Bertz CT molecular complexity index is 1040. The largest absolute Gasteiger partial charge is 0.377 e. The van der Waals surface area contributed by atoms with Gasteiger partial charge in [-0.3, -0.25) is 0 Å². The summed E-state index contributed by atoms with van der Waals surface area (Å²) in [6.45, 7) is 2.20. The quantitative estimate of drug-likeness (QED) is 0.365. The van der Waals surface area contributed by atoms with E-state index in [1.54, 1.807) is 12.1 Å². The Balaban J connectivity index is 1.46. The van der Waals surface area contributed by atoms with Crippen molar-refractivity contribution in [2.45, 2.75) is 36.0 Å². The van der Waals surface area contributed by atoms with E-state index in [9.17, 15) is 4.39 Å². The van der Waals surface area contributed by atoms with Crippen LogP contribution in [0.3, 0.4) is 0 Å². The summed E-state index contributed by atoms with van der Waals surface area (Å²) < 4.78 is 13.4. The van der Waals surface area contributed by atoms with Gasteiger partial charge in [-0.15, -0.1) is 11.8 Å². The van der Waals surface area contributed by atoms with Gasteiger partial charge in [0.05, 0.1) is 6.04 Å². The number of hydrogen-bond acceptors (Lipinski definition) is 2. The second-order valence-corrected chi connectivity index (χ2v) is 9.05. The fourth-order valence-corrected chi connectivity index (χ4v) is 5.58. The fourth-order valence-electron chi connectivity index (χ4n) is 4.73. The molecule has 0 unspecified atom stereocenters. The average Bonchev–Trinajstić information content (AvgIpc) is 3.24. The van der Waals surface area contributed by atoms with E-state index in [1.807, 2.05) is 23.9 Å². The zero-order valence-corrected chi connectivity index (χ0v) is 17.3. The second kappa shape index (κ2) is 7.72. The van der Waals surface area contributed by atoms with E-state index in [-0.39, 0.29) is 11.9 Å². The van der Waals surface area contributed by atoms with Crippen LogP contribution in [-0.4, -0.2) is 0 Å². The molecule has 0 saturated heterocycles. The number of hydrogen-bond donors (Lipinski definition) is 1. The molecule has 3 heteroatoms. The minimum Gasteiger partial charge on any atom is -0.377 e. The molecule has 1 aliphatic carbocycles. The van der Waals surface area contributed by atoms with Gasteiger partial charge in [0.15, 0.2) is 0 Å². The number of thioether (sulfide) groups is 1. The summed E-state index contributed by atoms with van der Waals surface area (Å²) in [5.74, 6) is 1.69. The minimum absolute atomic E-state index is 0.178. The molecule has 0 bridgehead atoms. The molecule has 0 spiro atoms. The van der Waals surface area contributed by atoms with Crippen LogP contribution >= 0.6 is 11.8 Å². The highest BCUT2D eigenvalue weighted by Crippen LogP contribution is 2.51. The molecule has 5 rings (SSSR count). The summed E-state index contributed by atoms with van der Waals surface area (Å²) in [7, 11) is 0. The van der Waals surface area contributed by atoms with Gasteiger partial charge < -0.3 is 5.32 Å². The monoisotopic (exact) mass is 401 g/mol. The summed E-state index contributed by atoms with van der Waals surface area (Å²) in [5.41, 5.74) is 6.48. The first-order valence-electron chi connectivity index (χ1n) is 10.2. The molecule has 0 fully saturated rings. The van der Waals surface area contributed by atoms with Gasteiger partial charge >= 0.3 is 0 Å². The van der Waals surface area contributed by atoms with E-state index in [0.717, 1.165) is 12.2 Å². The van der Waals surface area contributed by atoms with E-state index in [4.69, 9.17) is 0 Å². The third-order valence-electron chi connectivity index (χ3n) is 6.10. The van der Waals surface area contributed by atoms with Crippen molar-refractivity contribution in [3.05, 3.63) is 107 Å². The summed E-state index contributed by atoms with van der Waals surface area (Å²) in [4.78, 5) is 1.30. The lowest BCUT2D eigenvalue weighted by Crippen LogP contribution is -2.29. The first kappa shape index (κ1) is 18.5. The fraction of sp³-hybridized carbons (Fsp3) is 0.231. The Kier molecular flexibility index (Phi) is 4.92. The van der Waals surface area contributed by atoms with Crippen molar-refractivity contribution in [3.63, 3.8) is 0 Å². The third-order valence-corrected chi connectivity index (χ3v) is 7.19. The number of anilines is 1. The van der Waals surface area contributed by atoms with Gasteiger partial charge in [-0.05, 0) is 65.8 Å². The predicted octanol–water partition coefficient (Wildman–Crippen LogP) is 7.25. The van der Waals surface area contributed by atoms with Crippen molar-refractivity contribution in [1.82, 2.24) is 0 Å². The summed E-state index contributed by atoms with van der Waals surface area (Å²) >= 11 is 1.88. The maximum Gasteiger partial charge on any atom is 0.123 e. The molecule has 146 valence electrons. The van der Waals surface area contributed by atoms with Crippen molar-refractivity contribution in [3.8, 4) is 0 Å². The third kappa shape index (κ3) is 3.60. The average molecular weight is 402 g/mol. The van der Waals surface area contributed by atoms with Crippen LogP contribution in [0.5, 0.6) is 0 Å². The highest BCUT2D eigenvalue weighted by molar-refractivity contribution is 7.98. The van der Waals surface area contributed by atoms with E-state index in [2.05, 4.69) is 66.9 Å². The zero-order chi connectivity index (χ0) is 19.8. The SMILES string of the molecule is Cc1cc(CSc2ccccc2)cc2c1N[C@H](c1ccc(F)cc1)[C@@H]1CC=C[C@H]21. The number of aryl methyl sites for hydroxylation is 1. The molecule has 3 aromatic carbocycles. The normalized spacial score (nSPS) is 22.1. The van der Waals surface area contributed by atoms with Gasteiger partial charge in [0, 0.05) is 22.3 Å². The van der Waals surface area contributed by atoms with E-state index < -0.39 is 0 Å². The van der Waals surface area contributed by atoms with E-state index >= 15 is 0 Å². The zero-order valence-electron chi connectivity index (χ0n) is 16.4. The molecule has 1 nitrogen and oxygen atoms in total. The van der Waals surface area contributed by atoms with Gasteiger partial charge in [0.2, 0.25) is 0 Å². The van der Waals surface area contributed by atoms with Gasteiger partial charge in [-0.2, -0.15) is 0 Å². The Labute approximate surface area is 176 Å². The number of fused-ring (bicyclic) bond motifs is 3. The van der Waals surface area contributed by atoms with Crippen molar-refractivity contribution >= 4 is 17.4 Å². The maximum atomic E-state index is 13.4. The van der Waals surface area contributed by atoms with Crippen LogP contribution in [0.25, 0.3) is 0 Å². The Morgan fingerprint density at radius 1 is 1.03 bits per heavy atom. The lowest BCUT2D eigenvalue weighted by molar-refractivity contribution is 0.424. The molecule has 0 amide bonds. The van der Waals surface area contributed by atoms with Crippen molar-refractivity contribution in [2.24, 2.45) is 5.92 Å². The number of nitrogens with one attached hydrogen (secondary N) is 1. The van der Waals surface area contributed by atoms with Crippen LogP contribution in [0.15, 0.2) is 83.8 Å². The summed E-state index contributed by atoms with van der Waals surface area (Å²) in [6.07, 6.45) is 5.74. The number of halogens is 1. The van der Waals surface area contributed by atoms with Crippen LogP contribution in [0, 0.1) is 18.7 Å². The standard InChI is InChI=1S/C26H24FNS/c1-17-14-18(16-29-21-6-3-2-4-7-21)15-24-22-8-5-9-23(22)26(28-25(17)24)19-10-12-20(27)13-11-19/h2-8,10-15,22-23,26,28H,9,16H2,1H3/t22-,23+,26+/m0/s1. The number of allylic oxidation sites excluding steroid dienone is 2. The van der Waals surface area contributed by atoms with Crippen molar-refractivity contribution < 1.29 is 4.39 Å². The molecule has 0 radical (unpaired) electrons. The molecule has 29 heavy (non-hydrogen) atoms. The first-order valence-corrected chi connectivity index (χ1v) is 11.2. The smallest absolute Gasteiger partial charge is 0.123 e. The Morgan fingerprint density at radius 2 is 1.83 bits per heavy atom. The van der Waals surface area contributed by atoms with Gasteiger partial charge in [0.1, 0.15) is 5.82 Å². The van der Waals surface area contributed by atoms with Crippen molar-refractivity contribution in [1.29, 1.82) is 0 Å². The molecule has 0 saturated carbocycles. The van der Waals surface area contributed by atoms with Crippen LogP contribution in [-0.2, 0) is 5.75 Å². The first-order chi connectivity index (χ1) is 14.2. The van der Waals surface area contributed by atoms with Crippen LogP contribution < -0.4 is 5.32 Å². The maximum absolute atomic E-state index is 13.4. The molecule has 3 atom stereocenters. The number of benzene rings is 3. The van der Waals surface area contributed by atoms with E-state index in [0.29, 0.717) is 11.8 Å². The van der Waals surface area contributed by atoms with Gasteiger partial charge in [-0.25, -0.2) is 4.39 Å². The molecule has 1 aliphatic heterocycles. The van der Waals surface area contributed by atoms with Crippen LogP contribution in [0.1, 0.15) is 40.6 Å². The molecule has 3 aromatic rings. The Morgan fingerprint density at radius 3 is 2.62 bits per heavy atom. The molecule has 2 aliphatic rings. The Hall–Kier alpha value is -2.52. The lowest BCUT2D eigenvalue weighted by atomic mass is 9.76. The molecular formula is C26H24FNS. The number of rotatable bonds is 4. The highest BCUT2D eigenvalue weighted by atomic mass is 32.2. The van der Waals surface area contributed by atoms with Crippen molar-refractivity contribution in [2.75, 3.05) is 5.32 Å². The predicted molar refractivity (Wildman–Crippen MR) is 120 cm³/mol. The topological polar surface area (TPSA) is 12.0 Å². The van der Waals surface area contributed by atoms with E-state index in [1.165, 1.54) is 32.8 Å². The van der Waals surface area contributed by atoms with Gasteiger partial charge in [-0.1, -0.05) is 54.6 Å².